The van der Waals surface area contributed by atoms with Gasteiger partial charge >= 0.3 is 0 Å². The lowest BCUT2D eigenvalue weighted by Crippen LogP contribution is -2.58. The minimum Gasteiger partial charge on any atom is -0.329 e. The molecule has 2 N–H and O–H groups in total. The van der Waals surface area contributed by atoms with E-state index in [9.17, 15) is 0 Å². The summed E-state index contributed by atoms with van der Waals surface area (Å²) in [6.45, 7) is 7.88. The smallest absolute Gasteiger partial charge is 0.0340 e. The lowest BCUT2D eigenvalue weighted by Gasteiger charge is -2.51. The molecule has 1 saturated carbocycles. The van der Waals surface area contributed by atoms with Gasteiger partial charge in [0.2, 0.25) is 0 Å². The maximum absolute atomic E-state index is 6.27. The summed E-state index contributed by atoms with van der Waals surface area (Å²) in [5.41, 5.74) is 9.56. The molecule has 1 aliphatic carbocycles. The zero-order valence-corrected chi connectivity index (χ0v) is 12.9. The molecule has 0 amide bonds. The zero-order valence-electron chi connectivity index (χ0n) is 12.9. The van der Waals surface area contributed by atoms with E-state index in [4.69, 9.17) is 5.73 Å². The van der Waals surface area contributed by atoms with Crippen molar-refractivity contribution in [2.45, 2.75) is 51.6 Å². The van der Waals surface area contributed by atoms with Crippen molar-refractivity contribution in [1.29, 1.82) is 0 Å². The molecule has 0 spiro atoms. The molecule has 2 aliphatic rings. The Kier molecular flexibility index (Phi) is 3.87. The first-order valence-corrected chi connectivity index (χ1v) is 8.15. The van der Waals surface area contributed by atoms with Crippen LogP contribution in [0, 0.1) is 11.8 Å². The number of fused-ring (bicyclic) bond motifs is 1. The molecule has 3 rings (SSSR count). The first kappa shape index (κ1) is 14.1. The summed E-state index contributed by atoms with van der Waals surface area (Å²) in [7, 11) is 0. The summed E-state index contributed by atoms with van der Waals surface area (Å²) in [6, 6.07) is 8.91. The highest BCUT2D eigenvalue weighted by Gasteiger charge is 2.42. The Morgan fingerprint density at radius 3 is 2.45 bits per heavy atom. The van der Waals surface area contributed by atoms with Crippen molar-refractivity contribution < 1.29 is 0 Å². The largest absolute Gasteiger partial charge is 0.329 e. The topological polar surface area (TPSA) is 29.3 Å². The first-order chi connectivity index (χ1) is 9.63. The van der Waals surface area contributed by atoms with Crippen molar-refractivity contribution >= 4 is 0 Å². The average molecular weight is 272 g/mol. The molecule has 0 radical (unpaired) electrons. The number of hydrogen-bond acceptors (Lipinski definition) is 2. The van der Waals surface area contributed by atoms with E-state index >= 15 is 0 Å². The minimum absolute atomic E-state index is 0.241. The molecule has 0 saturated heterocycles. The third-order valence-corrected chi connectivity index (χ3v) is 5.44. The summed E-state index contributed by atoms with van der Waals surface area (Å²) < 4.78 is 0. The van der Waals surface area contributed by atoms with Gasteiger partial charge in [0.1, 0.15) is 0 Å². The Morgan fingerprint density at radius 1 is 1.15 bits per heavy atom. The van der Waals surface area contributed by atoms with Crippen LogP contribution in [-0.4, -0.2) is 23.5 Å². The third kappa shape index (κ3) is 2.51. The lowest BCUT2D eigenvalue weighted by atomic mass is 9.70. The third-order valence-electron chi connectivity index (χ3n) is 5.44. The second-order valence-corrected chi connectivity index (χ2v) is 7.22. The molecular weight excluding hydrogens is 244 g/mol. The highest BCUT2D eigenvalue weighted by atomic mass is 15.2. The van der Waals surface area contributed by atoms with Crippen LogP contribution < -0.4 is 5.73 Å². The lowest BCUT2D eigenvalue weighted by molar-refractivity contribution is 0.00950. The van der Waals surface area contributed by atoms with Crippen LogP contribution in [0.15, 0.2) is 24.3 Å². The van der Waals surface area contributed by atoms with E-state index in [0.29, 0.717) is 0 Å². The highest BCUT2D eigenvalue weighted by Crippen LogP contribution is 2.41. The Hall–Kier alpha value is -0.860. The highest BCUT2D eigenvalue weighted by molar-refractivity contribution is 5.29. The van der Waals surface area contributed by atoms with Gasteiger partial charge in [-0.2, -0.15) is 0 Å². The van der Waals surface area contributed by atoms with Crippen LogP contribution >= 0.6 is 0 Å². The van der Waals surface area contributed by atoms with Crippen molar-refractivity contribution in [3.63, 3.8) is 0 Å². The van der Waals surface area contributed by atoms with Gasteiger partial charge < -0.3 is 5.73 Å². The molecule has 110 valence electrons. The van der Waals surface area contributed by atoms with Crippen molar-refractivity contribution in [1.82, 2.24) is 4.90 Å². The summed E-state index contributed by atoms with van der Waals surface area (Å²) in [6.07, 6.45) is 5.10. The molecule has 1 aromatic carbocycles. The summed E-state index contributed by atoms with van der Waals surface area (Å²) in [4.78, 5) is 2.70. The van der Waals surface area contributed by atoms with Gasteiger partial charge in [-0.1, -0.05) is 38.1 Å². The zero-order chi connectivity index (χ0) is 14.2. The van der Waals surface area contributed by atoms with Crippen LogP contribution in [0.1, 0.15) is 44.2 Å². The number of benzene rings is 1. The molecule has 1 fully saturated rings. The molecule has 1 aliphatic heterocycles. The van der Waals surface area contributed by atoms with E-state index in [1.165, 1.54) is 43.4 Å². The second-order valence-electron chi connectivity index (χ2n) is 7.22. The Morgan fingerprint density at radius 2 is 1.80 bits per heavy atom. The molecule has 2 atom stereocenters. The summed E-state index contributed by atoms with van der Waals surface area (Å²) >= 11 is 0. The summed E-state index contributed by atoms with van der Waals surface area (Å²) in [5, 5.41) is 0. The monoisotopic (exact) mass is 272 g/mol. The fourth-order valence-corrected chi connectivity index (χ4v) is 4.69. The van der Waals surface area contributed by atoms with Crippen molar-refractivity contribution in [2.75, 3.05) is 13.1 Å². The number of nitrogens with two attached hydrogens (primary N) is 1. The van der Waals surface area contributed by atoms with Gasteiger partial charge in [0.15, 0.2) is 0 Å². The van der Waals surface area contributed by atoms with Crippen LogP contribution in [0.2, 0.25) is 0 Å². The van der Waals surface area contributed by atoms with E-state index in [1.54, 1.807) is 0 Å². The van der Waals surface area contributed by atoms with Crippen molar-refractivity contribution in [3.05, 3.63) is 35.4 Å². The van der Waals surface area contributed by atoms with Crippen LogP contribution in [0.4, 0.5) is 0 Å². The number of nitrogens with zero attached hydrogens (tertiary/aromatic N) is 1. The molecule has 0 aromatic heterocycles. The van der Waals surface area contributed by atoms with Gasteiger partial charge in [0.25, 0.3) is 0 Å². The number of hydrogen-bond donors (Lipinski definition) is 1. The molecule has 2 heteroatoms. The standard InChI is InChI=1S/C18H28N2/c1-14-9-15(2)11-18(10-14,13-19)20-8-7-16-5-3-4-6-17(16)12-20/h3-6,14-15H,7-13,19H2,1-2H3. The van der Waals surface area contributed by atoms with Gasteiger partial charge in [-0.3, -0.25) is 4.90 Å². The Labute approximate surface area is 123 Å². The van der Waals surface area contributed by atoms with Gasteiger partial charge in [0, 0.05) is 25.2 Å². The van der Waals surface area contributed by atoms with Gasteiger partial charge in [-0.25, -0.2) is 0 Å². The van der Waals surface area contributed by atoms with Crippen LogP contribution in [-0.2, 0) is 13.0 Å². The SMILES string of the molecule is CC1CC(C)CC(CN)(N2CCc3ccccc3C2)C1. The quantitative estimate of drug-likeness (QED) is 0.896. The Bertz CT molecular complexity index is 458. The molecule has 20 heavy (non-hydrogen) atoms. The predicted octanol–water partition coefficient (Wildman–Crippen LogP) is 3.20. The maximum atomic E-state index is 6.27. The van der Waals surface area contributed by atoms with Gasteiger partial charge in [-0.15, -0.1) is 0 Å². The normalized spacial score (nSPS) is 34.8. The van der Waals surface area contributed by atoms with E-state index in [1.807, 2.05) is 0 Å². The maximum Gasteiger partial charge on any atom is 0.0340 e. The molecular formula is C18H28N2. The van der Waals surface area contributed by atoms with Crippen LogP contribution in [0.25, 0.3) is 0 Å². The van der Waals surface area contributed by atoms with E-state index in [2.05, 4.69) is 43.0 Å². The van der Waals surface area contributed by atoms with Crippen molar-refractivity contribution in [2.24, 2.45) is 17.6 Å². The van der Waals surface area contributed by atoms with E-state index in [-0.39, 0.29) is 5.54 Å². The Balaban J connectivity index is 1.84. The minimum atomic E-state index is 0.241. The second kappa shape index (κ2) is 5.50. The number of rotatable bonds is 2. The molecule has 0 bridgehead atoms. The first-order valence-electron chi connectivity index (χ1n) is 8.15. The molecule has 2 unspecified atom stereocenters. The predicted molar refractivity (Wildman–Crippen MR) is 84.5 cm³/mol. The van der Waals surface area contributed by atoms with Gasteiger partial charge in [0.05, 0.1) is 0 Å². The van der Waals surface area contributed by atoms with Gasteiger partial charge in [-0.05, 0) is 48.6 Å². The molecule has 1 aromatic rings. The van der Waals surface area contributed by atoms with Crippen molar-refractivity contribution in [3.8, 4) is 0 Å². The van der Waals surface area contributed by atoms with E-state index < -0.39 is 0 Å². The van der Waals surface area contributed by atoms with Crippen LogP contribution in [0.3, 0.4) is 0 Å². The van der Waals surface area contributed by atoms with Crippen LogP contribution in [0.5, 0.6) is 0 Å². The van der Waals surface area contributed by atoms with E-state index in [0.717, 1.165) is 24.9 Å². The average Bonchev–Trinajstić information content (AvgIpc) is 2.45. The summed E-state index contributed by atoms with van der Waals surface area (Å²) in [5.74, 6) is 1.61. The fourth-order valence-electron chi connectivity index (χ4n) is 4.69. The fraction of sp³-hybridized carbons (Fsp3) is 0.667. The molecule has 1 heterocycles. The molecule has 2 nitrogen and oxygen atoms in total.